The molecule has 1 amide bonds. The van der Waals surface area contributed by atoms with Crippen LogP contribution in [-0.2, 0) is 17.8 Å². The van der Waals surface area contributed by atoms with E-state index in [2.05, 4.69) is 20.9 Å². The molecule has 2 aromatic rings. The lowest BCUT2D eigenvalue weighted by Crippen LogP contribution is -2.37. The number of carbonyl (C=O) groups excluding carboxylic acids is 1. The molecule has 3 rings (SSSR count). The number of aliphatic imine (C=N–C) groups is 1. The molecule has 0 radical (unpaired) electrons. The number of carbonyl (C=O) groups is 1. The maximum absolute atomic E-state index is 12.2. The highest BCUT2D eigenvalue weighted by Crippen LogP contribution is 2.28. The van der Waals surface area contributed by atoms with Crippen molar-refractivity contribution in [3.05, 3.63) is 53.6 Å². The van der Waals surface area contributed by atoms with Gasteiger partial charge in [0.1, 0.15) is 0 Å². The van der Waals surface area contributed by atoms with Gasteiger partial charge in [0.15, 0.2) is 17.5 Å². The van der Waals surface area contributed by atoms with Gasteiger partial charge < -0.3 is 25.4 Å². The Balaban J connectivity index is 1.46. The highest BCUT2D eigenvalue weighted by molar-refractivity contribution is 5.93. The van der Waals surface area contributed by atoms with Crippen LogP contribution in [0.1, 0.15) is 30.4 Å². The molecule has 0 aromatic heterocycles. The first kappa shape index (κ1) is 22.5. The van der Waals surface area contributed by atoms with Gasteiger partial charge in [-0.3, -0.25) is 9.79 Å². The summed E-state index contributed by atoms with van der Waals surface area (Å²) in [6.45, 7) is 1.34. The number of anilines is 1. The number of amides is 1. The van der Waals surface area contributed by atoms with Crippen molar-refractivity contribution < 1.29 is 14.3 Å². The second kappa shape index (κ2) is 11.2. The Hall–Kier alpha value is -3.22. The molecule has 7 nitrogen and oxygen atoms in total. The molecule has 0 bridgehead atoms. The van der Waals surface area contributed by atoms with Gasteiger partial charge in [-0.05, 0) is 54.7 Å². The molecule has 2 aromatic carbocycles. The minimum atomic E-state index is 0.129. The molecule has 1 fully saturated rings. The van der Waals surface area contributed by atoms with Crippen molar-refractivity contribution in [2.75, 3.05) is 33.1 Å². The van der Waals surface area contributed by atoms with Gasteiger partial charge >= 0.3 is 0 Å². The Morgan fingerprint density at radius 3 is 2.52 bits per heavy atom. The summed E-state index contributed by atoms with van der Waals surface area (Å²) in [6.07, 6.45) is 3.97. The van der Waals surface area contributed by atoms with E-state index in [0.29, 0.717) is 6.54 Å². The van der Waals surface area contributed by atoms with Crippen molar-refractivity contribution in [2.24, 2.45) is 10.9 Å². The Labute approximate surface area is 184 Å². The lowest BCUT2D eigenvalue weighted by atomic mass is 9.85. The topological polar surface area (TPSA) is 84.0 Å². The second-order valence-electron chi connectivity index (χ2n) is 7.61. The molecule has 0 saturated heterocycles. The van der Waals surface area contributed by atoms with Crippen molar-refractivity contribution >= 4 is 17.6 Å². The van der Waals surface area contributed by atoms with Crippen molar-refractivity contribution in [1.29, 1.82) is 0 Å². The fourth-order valence-electron chi connectivity index (χ4n) is 3.44. The highest BCUT2D eigenvalue weighted by atomic mass is 16.5. The second-order valence-corrected chi connectivity index (χ2v) is 7.61. The lowest BCUT2D eigenvalue weighted by molar-refractivity contribution is -0.122. The van der Waals surface area contributed by atoms with Gasteiger partial charge in [-0.2, -0.15) is 0 Å². The summed E-state index contributed by atoms with van der Waals surface area (Å²) in [5, 5.41) is 9.67. The van der Waals surface area contributed by atoms with E-state index in [4.69, 9.17) is 9.47 Å². The first-order valence-electron chi connectivity index (χ1n) is 10.7. The Morgan fingerprint density at radius 2 is 1.84 bits per heavy atom. The summed E-state index contributed by atoms with van der Waals surface area (Å²) >= 11 is 0. The maximum Gasteiger partial charge on any atom is 0.227 e. The largest absolute Gasteiger partial charge is 0.493 e. The Morgan fingerprint density at radius 1 is 1.03 bits per heavy atom. The van der Waals surface area contributed by atoms with Crippen LogP contribution in [0.25, 0.3) is 0 Å². The molecule has 1 aliphatic rings. The quantitative estimate of drug-likeness (QED) is 0.425. The summed E-state index contributed by atoms with van der Waals surface area (Å²) in [5.41, 5.74) is 3.07. The number of hydrogen-bond acceptors (Lipinski definition) is 4. The van der Waals surface area contributed by atoms with Crippen LogP contribution in [0.15, 0.2) is 47.5 Å². The van der Waals surface area contributed by atoms with E-state index < -0.39 is 0 Å². The van der Waals surface area contributed by atoms with E-state index in [-0.39, 0.29) is 11.8 Å². The molecule has 0 unspecified atom stereocenters. The van der Waals surface area contributed by atoms with E-state index in [1.807, 2.05) is 42.5 Å². The van der Waals surface area contributed by atoms with E-state index in [9.17, 15) is 4.79 Å². The van der Waals surface area contributed by atoms with Crippen molar-refractivity contribution in [2.45, 2.75) is 32.2 Å². The molecule has 0 heterocycles. The molecule has 31 heavy (non-hydrogen) atoms. The van der Waals surface area contributed by atoms with Gasteiger partial charge in [-0.15, -0.1) is 0 Å². The van der Waals surface area contributed by atoms with Crippen LogP contribution in [0.5, 0.6) is 11.5 Å². The van der Waals surface area contributed by atoms with Crippen LogP contribution in [-0.4, -0.2) is 39.7 Å². The van der Waals surface area contributed by atoms with Crippen molar-refractivity contribution in [1.82, 2.24) is 10.6 Å². The number of nitrogens with one attached hydrogen (secondary N) is 3. The van der Waals surface area contributed by atoms with E-state index in [0.717, 1.165) is 66.5 Å². The smallest absolute Gasteiger partial charge is 0.227 e. The first-order chi connectivity index (χ1) is 15.1. The third kappa shape index (κ3) is 6.38. The molecule has 1 aliphatic carbocycles. The summed E-state index contributed by atoms with van der Waals surface area (Å²) in [7, 11) is 5.02. The molecule has 166 valence electrons. The van der Waals surface area contributed by atoms with E-state index >= 15 is 0 Å². The summed E-state index contributed by atoms with van der Waals surface area (Å²) < 4.78 is 10.6. The third-order valence-electron chi connectivity index (χ3n) is 5.51. The van der Waals surface area contributed by atoms with Gasteiger partial charge in [0, 0.05) is 31.7 Å². The van der Waals surface area contributed by atoms with E-state index in [1.54, 1.807) is 21.3 Å². The summed E-state index contributed by atoms with van der Waals surface area (Å²) in [4.78, 5) is 16.4. The van der Waals surface area contributed by atoms with Crippen LogP contribution in [0.4, 0.5) is 5.69 Å². The number of benzene rings is 2. The van der Waals surface area contributed by atoms with Crippen LogP contribution < -0.4 is 25.4 Å². The zero-order valence-electron chi connectivity index (χ0n) is 18.5. The number of nitrogens with zero attached hydrogens (tertiary/aromatic N) is 1. The van der Waals surface area contributed by atoms with Crippen LogP contribution in [0.3, 0.4) is 0 Å². The molecular formula is C24H32N4O3. The maximum atomic E-state index is 12.2. The molecule has 0 aliphatic heterocycles. The third-order valence-corrected chi connectivity index (χ3v) is 5.51. The standard InChI is InChI=1S/C24H32N4O3/c1-25-24(26-13-12-17-10-11-21(30-2)22(15-17)31-3)27-16-18-6-4-9-20(14-18)28-23(29)19-7-5-8-19/h4,6,9-11,14-15,19H,5,7-8,12-13,16H2,1-3H3,(H,28,29)(H2,25,26,27). The van der Waals surface area contributed by atoms with Gasteiger partial charge in [0.25, 0.3) is 0 Å². The fourth-order valence-corrected chi connectivity index (χ4v) is 3.44. The fraction of sp³-hybridized carbons (Fsp3) is 0.417. The highest BCUT2D eigenvalue weighted by Gasteiger charge is 2.25. The molecular weight excluding hydrogens is 392 g/mol. The molecule has 7 heteroatoms. The molecule has 0 spiro atoms. The average Bonchev–Trinajstić information content (AvgIpc) is 2.74. The minimum Gasteiger partial charge on any atom is -0.493 e. The lowest BCUT2D eigenvalue weighted by Gasteiger charge is -2.24. The first-order valence-corrected chi connectivity index (χ1v) is 10.7. The Bertz CT molecular complexity index is 909. The minimum absolute atomic E-state index is 0.129. The van der Waals surface area contributed by atoms with Crippen LogP contribution >= 0.6 is 0 Å². The molecule has 1 saturated carbocycles. The number of rotatable bonds is 9. The Kier molecular flexibility index (Phi) is 8.15. The van der Waals surface area contributed by atoms with Crippen molar-refractivity contribution in [3.63, 3.8) is 0 Å². The number of hydrogen-bond donors (Lipinski definition) is 3. The zero-order chi connectivity index (χ0) is 22.1. The summed E-state index contributed by atoms with van der Waals surface area (Å²) in [6, 6.07) is 13.8. The predicted octanol–water partition coefficient (Wildman–Crippen LogP) is 3.35. The molecule has 3 N–H and O–H groups in total. The average molecular weight is 425 g/mol. The monoisotopic (exact) mass is 424 g/mol. The molecule has 0 atom stereocenters. The van der Waals surface area contributed by atoms with Crippen LogP contribution in [0.2, 0.25) is 0 Å². The van der Waals surface area contributed by atoms with Gasteiger partial charge in [0.05, 0.1) is 14.2 Å². The SMILES string of the molecule is CN=C(NCCc1ccc(OC)c(OC)c1)NCc1cccc(NC(=O)C2CCC2)c1. The number of ether oxygens (including phenoxy) is 2. The van der Waals surface area contributed by atoms with E-state index in [1.165, 1.54) is 0 Å². The number of guanidine groups is 1. The predicted molar refractivity (Wildman–Crippen MR) is 124 cm³/mol. The van der Waals surface area contributed by atoms with Gasteiger partial charge in [-0.1, -0.05) is 24.6 Å². The van der Waals surface area contributed by atoms with Gasteiger partial charge in [0.2, 0.25) is 5.91 Å². The van der Waals surface area contributed by atoms with Crippen molar-refractivity contribution in [3.8, 4) is 11.5 Å². The normalized spacial score (nSPS) is 13.8. The number of methoxy groups -OCH3 is 2. The van der Waals surface area contributed by atoms with Gasteiger partial charge in [-0.25, -0.2) is 0 Å². The summed E-state index contributed by atoms with van der Waals surface area (Å²) in [5.74, 6) is 2.48. The van der Waals surface area contributed by atoms with Crippen LogP contribution in [0, 0.1) is 5.92 Å². The zero-order valence-corrected chi connectivity index (χ0v) is 18.5.